The van der Waals surface area contributed by atoms with E-state index in [1.165, 1.54) is 25.4 Å². The Labute approximate surface area is 118 Å². The Morgan fingerprint density at radius 2 is 2.18 bits per heavy atom. The standard InChI is InChI=1S/C9H13IN2O3S2/c1-12(2)17(14,15)4-3-11-9(13)7-5-8(10)16-6-7/h5-6H,3-4H2,1-2H3,(H,11,13). The van der Waals surface area contributed by atoms with Crippen molar-refractivity contribution >= 4 is 49.9 Å². The lowest BCUT2D eigenvalue weighted by Gasteiger charge is -2.11. The minimum absolute atomic E-state index is 0.0903. The van der Waals surface area contributed by atoms with Crippen molar-refractivity contribution in [3.8, 4) is 0 Å². The van der Waals surface area contributed by atoms with E-state index in [9.17, 15) is 13.2 Å². The average molecular weight is 388 g/mol. The zero-order valence-corrected chi connectivity index (χ0v) is 13.2. The Hall–Kier alpha value is -0.190. The molecule has 17 heavy (non-hydrogen) atoms. The minimum Gasteiger partial charge on any atom is -0.351 e. The molecule has 5 nitrogen and oxygen atoms in total. The van der Waals surface area contributed by atoms with E-state index >= 15 is 0 Å². The van der Waals surface area contributed by atoms with Crippen LogP contribution >= 0.6 is 33.9 Å². The minimum atomic E-state index is -3.25. The molecular weight excluding hydrogens is 375 g/mol. The number of carbonyl (C=O) groups is 1. The summed E-state index contributed by atoms with van der Waals surface area (Å²) in [6, 6.07) is 1.76. The zero-order chi connectivity index (χ0) is 13.1. The summed E-state index contributed by atoms with van der Waals surface area (Å²) in [4.78, 5) is 11.6. The molecule has 0 radical (unpaired) electrons. The van der Waals surface area contributed by atoms with Crippen LogP contribution < -0.4 is 5.32 Å². The molecule has 0 aliphatic carbocycles. The average Bonchev–Trinajstić information content (AvgIpc) is 2.64. The number of rotatable bonds is 5. The van der Waals surface area contributed by atoms with E-state index in [0.29, 0.717) is 5.56 Å². The molecule has 0 unspecified atom stereocenters. The highest BCUT2D eigenvalue weighted by atomic mass is 127. The van der Waals surface area contributed by atoms with Crippen LogP contribution in [-0.2, 0) is 10.0 Å². The lowest BCUT2D eigenvalue weighted by molar-refractivity contribution is 0.0956. The summed E-state index contributed by atoms with van der Waals surface area (Å²) < 4.78 is 25.0. The van der Waals surface area contributed by atoms with E-state index in [0.717, 1.165) is 7.19 Å². The summed E-state index contributed by atoms with van der Waals surface area (Å²) in [7, 11) is -0.310. The maximum atomic E-state index is 11.6. The Bertz CT molecular complexity index is 496. The smallest absolute Gasteiger partial charge is 0.252 e. The second-order valence-electron chi connectivity index (χ2n) is 3.49. The fourth-order valence-corrected chi connectivity index (χ4v) is 3.06. The molecule has 8 heteroatoms. The topological polar surface area (TPSA) is 66.5 Å². The number of nitrogens with zero attached hydrogens (tertiary/aromatic N) is 1. The Kier molecular flexibility index (Phi) is 5.35. The Morgan fingerprint density at radius 3 is 2.65 bits per heavy atom. The van der Waals surface area contributed by atoms with Crippen molar-refractivity contribution in [1.82, 2.24) is 9.62 Å². The quantitative estimate of drug-likeness (QED) is 0.765. The van der Waals surface area contributed by atoms with Crippen LogP contribution in [-0.4, -0.2) is 45.0 Å². The van der Waals surface area contributed by atoms with E-state index in [2.05, 4.69) is 27.9 Å². The first-order valence-electron chi connectivity index (χ1n) is 4.75. The molecule has 1 N–H and O–H groups in total. The number of hydrogen-bond donors (Lipinski definition) is 1. The van der Waals surface area contributed by atoms with Crippen molar-refractivity contribution in [2.45, 2.75) is 0 Å². The monoisotopic (exact) mass is 388 g/mol. The molecule has 0 aliphatic rings. The molecule has 0 aromatic carbocycles. The van der Waals surface area contributed by atoms with Crippen molar-refractivity contribution in [2.24, 2.45) is 0 Å². The molecule has 1 aromatic rings. The van der Waals surface area contributed by atoms with Crippen LogP contribution in [0.25, 0.3) is 0 Å². The van der Waals surface area contributed by atoms with Gasteiger partial charge in [0.1, 0.15) is 0 Å². The molecule has 1 amide bonds. The third-order valence-corrected chi connectivity index (χ3v) is 5.65. The van der Waals surface area contributed by atoms with E-state index in [4.69, 9.17) is 0 Å². The lowest BCUT2D eigenvalue weighted by Crippen LogP contribution is -2.33. The largest absolute Gasteiger partial charge is 0.351 e. The van der Waals surface area contributed by atoms with Gasteiger partial charge in [-0.2, -0.15) is 0 Å². The van der Waals surface area contributed by atoms with Gasteiger partial charge in [0.25, 0.3) is 5.91 Å². The van der Waals surface area contributed by atoms with E-state index in [-0.39, 0.29) is 18.2 Å². The summed E-state index contributed by atoms with van der Waals surface area (Å²) in [6.45, 7) is 0.117. The van der Waals surface area contributed by atoms with E-state index in [1.54, 1.807) is 11.4 Å². The normalized spacial score (nSPS) is 11.8. The molecule has 96 valence electrons. The van der Waals surface area contributed by atoms with Gasteiger partial charge in [-0.05, 0) is 28.7 Å². The maximum absolute atomic E-state index is 11.6. The van der Waals surface area contributed by atoms with Crippen LogP contribution in [0, 0.1) is 2.88 Å². The third kappa shape index (κ3) is 4.53. The number of carbonyl (C=O) groups excluding carboxylic acids is 1. The summed E-state index contributed by atoms with van der Waals surface area (Å²) in [6.07, 6.45) is 0. The summed E-state index contributed by atoms with van der Waals surface area (Å²) >= 11 is 3.61. The Morgan fingerprint density at radius 1 is 1.53 bits per heavy atom. The van der Waals surface area contributed by atoms with Gasteiger partial charge < -0.3 is 5.32 Å². The number of thiophene rings is 1. The molecule has 0 fully saturated rings. The van der Waals surface area contributed by atoms with Crippen LogP contribution in [0.4, 0.5) is 0 Å². The van der Waals surface area contributed by atoms with Gasteiger partial charge in [0.05, 0.1) is 14.2 Å². The van der Waals surface area contributed by atoms with Gasteiger partial charge >= 0.3 is 0 Å². The van der Waals surface area contributed by atoms with Crippen LogP contribution in [0.2, 0.25) is 0 Å². The van der Waals surface area contributed by atoms with Crippen LogP contribution in [0.3, 0.4) is 0 Å². The summed E-state index contributed by atoms with van der Waals surface area (Å²) in [5.74, 6) is -0.328. The van der Waals surface area contributed by atoms with Gasteiger partial charge in [-0.1, -0.05) is 0 Å². The molecule has 0 atom stereocenters. The summed E-state index contributed by atoms with van der Waals surface area (Å²) in [5, 5.41) is 4.33. The SMILES string of the molecule is CN(C)S(=O)(=O)CCNC(=O)c1csc(I)c1. The molecule has 0 spiro atoms. The van der Waals surface area contributed by atoms with Gasteiger partial charge in [0.2, 0.25) is 10.0 Å². The van der Waals surface area contributed by atoms with Crippen LogP contribution in [0.5, 0.6) is 0 Å². The molecule has 1 aromatic heterocycles. The molecule has 1 rings (SSSR count). The van der Waals surface area contributed by atoms with Crippen molar-refractivity contribution in [1.29, 1.82) is 0 Å². The highest BCUT2D eigenvalue weighted by molar-refractivity contribution is 14.1. The van der Waals surface area contributed by atoms with Gasteiger partial charge in [0.15, 0.2) is 0 Å². The Balaban J connectivity index is 2.45. The molecule has 1 heterocycles. The fourth-order valence-electron chi connectivity index (χ4n) is 1.01. The van der Waals surface area contributed by atoms with Crippen molar-refractivity contribution in [3.05, 3.63) is 19.9 Å². The molecule has 0 saturated heterocycles. The summed E-state index contributed by atoms with van der Waals surface area (Å²) in [5.41, 5.74) is 0.571. The van der Waals surface area contributed by atoms with E-state index < -0.39 is 10.0 Å². The van der Waals surface area contributed by atoms with Crippen molar-refractivity contribution in [3.63, 3.8) is 0 Å². The first kappa shape index (κ1) is 14.9. The highest BCUT2D eigenvalue weighted by Gasteiger charge is 2.14. The molecule has 0 aliphatic heterocycles. The van der Waals surface area contributed by atoms with E-state index in [1.807, 2.05) is 0 Å². The first-order chi connectivity index (χ1) is 7.83. The number of halogens is 1. The number of hydrogen-bond acceptors (Lipinski definition) is 4. The first-order valence-corrected chi connectivity index (χ1v) is 8.32. The van der Waals surface area contributed by atoms with Gasteiger partial charge in [-0.3, -0.25) is 4.79 Å². The maximum Gasteiger partial charge on any atom is 0.252 e. The predicted molar refractivity (Wildman–Crippen MR) is 76.8 cm³/mol. The van der Waals surface area contributed by atoms with Gasteiger partial charge in [-0.25, -0.2) is 12.7 Å². The predicted octanol–water partition coefficient (Wildman–Crippen LogP) is 0.974. The fraction of sp³-hybridized carbons (Fsp3) is 0.444. The van der Waals surface area contributed by atoms with Crippen molar-refractivity contribution in [2.75, 3.05) is 26.4 Å². The second-order valence-corrected chi connectivity index (χ2v) is 8.60. The van der Waals surface area contributed by atoms with Crippen LogP contribution in [0.1, 0.15) is 10.4 Å². The number of nitrogens with one attached hydrogen (secondary N) is 1. The lowest BCUT2D eigenvalue weighted by atomic mass is 10.3. The van der Waals surface area contributed by atoms with Crippen LogP contribution in [0.15, 0.2) is 11.4 Å². The molecule has 0 bridgehead atoms. The van der Waals surface area contributed by atoms with Crippen molar-refractivity contribution < 1.29 is 13.2 Å². The second kappa shape index (κ2) is 6.12. The number of sulfonamides is 1. The zero-order valence-electron chi connectivity index (χ0n) is 9.44. The third-order valence-electron chi connectivity index (χ3n) is 2.03. The molecule has 0 saturated carbocycles. The number of amides is 1. The van der Waals surface area contributed by atoms with Gasteiger partial charge in [0, 0.05) is 26.0 Å². The van der Waals surface area contributed by atoms with Gasteiger partial charge in [-0.15, -0.1) is 11.3 Å². The molecular formula is C9H13IN2O3S2. The highest BCUT2D eigenvalue weighted by Crippen LogP contribution is 2.16.